The topological polar surface area (TPSA) is 70.4 Å². The summed E-state index contributed by atoms with van der Waals surface area (Å²) in [6.07, 6.45) is 8.34. The molecule has 0 N–H and O–H groups in total. The van der Waals surface area contributed by atoms with E-state index in [9.17, 15) is 14.9 Å². The summed E-state index contributed by atoms with van der Waals surface area (Å²) in [5, 5.41) is 9.45. The predicted octanol–water partition coefficient (Wildman–Crippen LogP) is 5.43. The molecule has 5 nitrogen and oxygen atoms in total. The van der Waals surface area contributed by atoms with E-state index in [0.717, 1.165) is 17.7 Å². The van der Waals surface area contributed by atoms with Crippen LogP contribution in [0.4, 0.5) is 0 Å². The zero-order valence-corrected chi connectivity index (χ0v) is 18.5. The summed E-state index contributed by atoms with van der Waals surface area (Å²) in [5.74, 6) is -0.0589. The minimum Gasteiger partial charge on any atom is -0.494 e. The van der Waals surface area contributed by atoms with Crippen LogP contribution in [0.2, 0.25) is 0 Å². The van der Waals surface area contributed by atoms with E-state index in [-0.39, 0.29) is 17.5 Å². The Balaban J connectivity index is 2.16. The van der Waals surface area contributed by atoms with Crippen LogP contribution in [0.15, 0.2) is 41.0 Å². The zero-order valence-electron chi connectivity index (χ0n) is 18.5. The molecule has 5 heteroatoms. The van der Waals surface area contributed by atoms with Gasteiger partial charge in [0.05, 0.1) is 6.61 Å². The van der Waals surface area contributed by atoms with Crippen molar-refractivity contribution < 1.29 is 14.3 Å². The van der Waals surface area contributed by atoms with Crippen molar-refractivity contribution in [3.8, 4) is 11.8 Å². The monoisotopic (exact) mass is 408 g/mol. The lowest BCUT2D eigenvalue weighted by molar-refractivity contribution is -0.142. The SMILES string of the molecule is CCCCCCCOc1ccc(/C=C2/C(=O)N(C(C)CC)C(=O)C(C#N)=C2C)cc1. The van der Waals surface area contributed by atoms with Gasteiger partial charge in [-0.05, 0) is 56.0 Å². The Bertz CT molecular complexity index is 859. The van der Waals surface area contributed by atoms with Crippen LogP contribution in [0, 0.1) is 11.3 Å². The maximum atomic E-state index is 13.0. The van der Waals surface area contributed by atoms with Gasteiger partial charge < -0.3 is 4.74 Å². The fraction of sp³-hybridized carbons (Fsp3) is 0.480. The van der Waals surface area contributed by atoms with Gasteiger partial charge in [0.25, 0.3) is 11.8 Å². The van der Waals surface area contributed by atoms with E-state index < -0.39 is 5.91 Å². The van der Waals surface area contributed by atoms with Crippen LogP contribution >= 0.6 is 0 Å². The number of rotatable bonds is 10. The van der Waals surface area contributed by atoms with E-state index in [1.54, 1.807) is 13.0 Å². The quantitative estimate of drug-likeness (QED) is 0.294. The molecule has 2 rings (SSSR count). The molecule has 0 spiro atoms. The van der Waals surface area contributed by atoms with E-state index in [1.807, 2.05) is 44.2 Å². The molecule has 1 aromatic rings. The lowest BCUT2D eigenvalue weighted by Crippen LogP contribution is -2.47. The van der Waals surface area contributed by atoms with Crippen molar-refractivity contribution in [2.45, 2.75) is 72.3 Å². The van der Waals surface area contributed by atoms with Crippen LogP contribution < -0.4 is 4.74 Å². The number of nitrogens with zero attached hydrogens (tertiary/aromatic N) is 2. The lowest BCUT2D eigenvalue weighted by Gasteiger charge is -2.31. The lowest BCUT2D eigenvalue weighted by atomic mass is 9.92. The van der Waals surface area contributed by atoms with Crippen molar-refractivity contribution in [2.75, 3.05) is 6.61 Å². The number of ether oxygens (including phenoxy) is 1. The fourth-order valence-corrected chi connectivity index (χ4v) is 3.41. The molecule has 0 aliphatic carbocycles. The van der Waals surface area contributed by atoms with Crippen LogP contribution in [-0.4, -0.2) is 29.4 Å². The molecule has 1 unspecified atom stereocenters. The van der Waals surface area contributed by atoms with Gasteiger partial charge in [-0.15, -0.1) is 0 Å². The molecule has 1 aliphatic heterocycles. The molecule has 0 fully saturated rings. The van der Waals surface area contributed by atoms with Crippen LogP contribution in [-0.2, 0) is 9.59 Å². The summed E-state index contributed by atoms with van der Waals surface area (Å²) in [6.45, 7) is 8.28. The molecule has 0 saturated carbocycles. The van der Waals surface area contributed by atoms with Gasteiger partial charge in [0.15, 0.2) is 0 Å². The molecule has 0 aromatic heterocycles. The van der Waals surface area contributed by atoms with E-state index in [0.29, 0.717) is 24.2 Å². The van der Waals surface area contributed by atoms with Crippen molar-refractivity contribution >= 4 is 17.9 Å². The minimum atomic E-state index is -0.505. The first-order valence-electron chi connectivity index (χ1n) is 10.9. The van der Waals surface area contributed by atoms with Gasteiger partial charge in [0.2, 0.25) is 0 Å². The highest BCUT2D eigenvalue weighted by atomic mass is 16.5. The zero-order chi connectivity index (χ0) is 22.1. The van der Waals surface area contributed by atoms with Gasteiger partial charge in [-0.25, -0.2) is 0 Å². The summed E-state index contributed by atoms with van der Waals surface area (Å²) in [7, 11) is 0. The molecule has 0 bridgehead atoms. The number of nitriles is 1. The summed E-state index contributed by atoms with van der Waals surface area (Å²) >= 11 is 0. The number of hydrogen-bond acceptors (Lipinski definition) is 4. The molecule has 160 valence electrons. The van der Waals surface area contributed by atoms with Gasteiger partial charge in [0, 0.05) is 11.6 Å². The second kappa shape index (κ2) is 11.3. The Kier molecular flexibility index (Phi) is 8.86. The van der Waals surface area contributed by atoms with Crippen molar-refractivity contribution in [3.63, 3.8) is 0 Å². The van der Waals surface area contributed by atoms with Crippen molar-refractivity contribution in [3.05, 3.63) is 46.5 Å². The number of hydrogen-bond donors (Lipinski definition) is 0. The van der Waals surface area contributed by atoms with Crippen LogP contribution in [0.1, 0.15) is 71.8 Å². The number of benzene rings is 1. The minimum absolute atomic E-state index is 0.0316. The average molecular weight is 409 g/mol. The molecule has 0 radical (unpaired) electrons. The third-order valence-electron chi connectivity index (χ3n) is 5.51. The van der Waals surface area contributed by atoms with Crippen molar-refractivity contribution in [1.29, 1.82) is 5.26 Å². The summed E-state index contributed by atoms with van der Waals surface area (Å²) < 4.78 is 5.79. The standard InChI is InChI=1S/C25H32N2O3/c1-5-7-8-9-10-15-30-21-13-11-20(12-14-21)16-22-19(4)23(17-26)25(29)27(24(22)28)18(3)6-2/h11-14,16,18H,5-10,15H2,1-4H3/b22-16+. The molecule has 1 atom stereocenters. The molecule has 1 heterocycles. The van der Waals surface area contributed by atoms with Gasteiger partial charge in [-0.3, -0.25) is 14.5 Å². The van der Waals surface area contributed by atoms with Gasteiger partial charge in [-0.1, -0.05) is 51.7 Å². The number of imide groups is 1. The molecule has 30 heavy (non-hydrogen) atoms. The predicted molar refractivity (Wildman–Crippen MR) is 119 cm³/mol. The normalized spacial score (nSPS) is 16.8. The maximum absolute atomic E-state index is 13.0. The van der Waals surface area contributed by atoms with E-state index in [4.69, 9.17) is 4.74 Å². The van der Waals surface area contributed by atoms with Crippen molar-refractivity contribution in [1.82, 2.24) is 4.90 Å². The Hall–Kier alpha value is -2.87. The summed E-state index contributed by atoms with van der Waals surface area (Å²) in [6, 6.07) is 9.24. The molecule has 0 saturated heterocycles. The number of carbonyl (C=O) groups excluding carboxylic acids is 2. The molecule has 1 aliphatic rings. The number of carbonyl (C=O) groups is 2. The van der Waals surface area contributed by atoms with Gasteiger partial charge in [-0.2, -0.15) is 5.26 Å². The summed E-state index contributed by atoms with van der Waals surface area (Å²) in [5.41, 5.74) is 1.67. The van der Waals surface area contributed by atoms with E-state index in [2.05, 4.69) is 6.92 Å². The van der Waals surface area contributed by atoms with E-state index >= 15 is 0 Å². The number of unbranched alkanes of at least 4 members (excludes halogenated alkanes) is 4. The first kappa shape index (κ1) is 23.4. The van der Waals surface area contributed by atoms with Gasteiger partial charge in [0.1, 0.15) is 17.4 Å². The Morgan fingerprint density at radius 2 is 1.73 bits per heavy atom. The molecule has 1 aromatic carbocycles. The third-order valence-corrected chi connectivity index (χ3v) is 5.51. The van der Waals surface area contributed by atoms with Crippen molar-refractivity contribution in [2.24, 2.45) is 0 Å². The van der Waals surface area contributed by atoms with E-state index in [1.165, 1.54) is 30.6 Å². The number of amides is 2. The Morgan fingerprint density at radius 3 is 2.33 bits per heavy atom. The summed E-state index contributed by atoms with van der Waals surface area (Å²) in [4.78, 5) is 26.8. The highest BCUT2D eigenvalue weighted by molar-refractivity contribution is 6.19. The third kappa shape index (κ3) is 5.60. The van der Waals surface area contributed by atoms with Crippen LogP contribution in [0.5, 0.6) is 5.75 Å². The Labute approximate surface area is 180 Å². The largest absolute Gasteiger partial charge is 0.494 e. The highest BCUT2D eigenvalue weighted by Gasteiger charge is 2.37. The first-order chi connectivity index (χ1) is 14.4. The maximum Gasteiger partial charge on any atom is 0.271 e. The fourth-order valence-electron chi connectivity index (χ4n) is 3.41. The Morgan fingerprint density at radius 1 is 1.07 bits per heavy atom. The molecular weight excluding hydrogens is 376 g/mol. The van der Waals surface area contributed by atoms with Crippen LogP contribution in [0.25, 0.3) is 6.08 Å². The molecular formula is C25H32N2O3. The highest BCUT2D eigenvalue weighted by Crippen LogP contribution is 2.29. The second-order valence-electron chi connectivity index (χ2n) is 7.74. The first-order valence-corrected chi connectivity index (χ1v) is 10.9. The van der Waals surface area contributed by atoms with Gasteiger partial charge >= 0.3 is 0 Å². The smallest absolute Gasteiger partial charge is 0.271 e. The molecule has 2 amide bonds. The second-order valence-corrected chi connectivity index (χ2v) is 7.74. The van der Waals surface area contributed by atoms with Crippen LogP contribution in [0.3, 0.4) is 0 Å². The average Bonchev–Trinajstić information content (AvgIpc) is 2.74.